The number of nitrogens with zero attached hydrogens (tertiary/aromatic N) is 1. The number of nitro benzene ring substituents is 1. The van der Waals surface area contributed by atoms with Crippen LogP contribution >= 0.6 is 47.0 Å². The third-order valence-electron chi connectivity index (χ3n) is 4.23. The number of alkyl halides is 3. The zero-order chi connectivity index (χ0) is 22.6. The molecule has 0 aliphatic heterocycles. The molecule has 0 radical (unpaired) electrons. The van der Waals surface area contributed by atoms with E-state index in [4.69, 9.17) is 47.0 Å². The largest absolute Gasteiger partial charge is 0.339 e. The number of anilines is 1. The molecule has 0 spiro atoms. The van der Waals surface area contributed by atoms with Gasteiger partial charge in [0.05, 0.1) is 4.92 Å². The Morgan fingerprint density at radius 3 is 2.37 bits per heavy atom. The maximum atomic E-state index is 12.2. The topological polar surface area (TPSA) is 96.3 Å². The number of carbonyl (C=O) groups excluding carboxylic acids is 1. The Balaban J connectivity index is 2.51. The van der Waals surface area contributed by atoms with Crippen LogP contribution in [0.15, 0.2) is 24.3 Å². The van der Waals surface area contributed by atoms with Crippen molar-refractivity contribution in [2.75, 3.05) is 5.32 Å². The highest BCUT2D eigenvalue weighted by Crippen LogP contribution is 2.29. The lowest BCUT2D eigenvalue weighted by molar-refractivity contribution is -0.384. The van der Waals surface area contributed by atoms with Crippen molar-refractivity contribution in [2.24, 2.45) is 0 Å². The maximum absolute atomic E-state index is 12.2. The molecule has 3 N–H and O–H groups in total. The van der Waals surface area contributed by atoms with Gasteiger partial charge in [-0.3, -0.25) is 14.9 Å². The second kappa shape index (κ2) is 13.9. The SMILES string of the molecule is CCCCCCCCCC(=O)N[C@H](NC(=S)Nc1cccc([N+](=O)[O-])c1)C(Cl)(Cl)Cl. The Morgan fingerprint density at radius 2 is 1.77 bits per heavy atom. The lowest BCUT2D eigenvalue weighted by atomic mass is 10.1. The number of hydrogen-bond acceptors (Lipinski definition) is 4. The van der Waals surface area contributed by atoms with E-state index < -0.39 is 14.9 Å². The molecule has 1 rings (SSSR count). The number of benzene rings is 1. The smallest absolute Gasteiger partial charge is 0.271 e. The second-order valence-corrected chi connectivity index (χ2v) is 9.60. The Kier molecular flexibility index (Phi) is 12.3. The van der Waals surface area contributed by atoms with E-state index in [1.165, 1.54) is 43.9 Å². The lowest BCUT2D eigenvalue weighted by Crippen LogP contribution is -2.56. The summed E-state index contributed by atoms with van der Waals surface area (Å²) < 4.78 is -1.86. The zero-order valence-electron chi connectivity index (χ0n) is 16.8. The summed E-state index contributed by atoms with van der Waals surface area (Å²) in [5, 5.41) is 19.1. The number of unbranched alkanes of at least 4 members (excludes halogenated alkanes) is 6. The van der Waals surface area contributed by atoms with E-state index in [9.17, 15) is 14.9 Å². The van der Waals surface area contributed by atoms with Gasteiger partial charge >= 0.3 is 0 Å². The zero-order valence-corrected chi connectivity index (χ0v) is 19.8. The van der Waals surface area contributed by atoms with Crippen LogP contribution < -0.4 is 16.0 Å². The van der Waals surface area contributed by atoms with Crippen molar-refractivity contribution in [3.8, 4) is 0 Å². The fraction of sp³-hybridized carbons (Fsp3) is 0.579. The molecule has 168 valence electrons. The summed E-state index contributed by atoms with van der Waals surface area (Å²) in [6.45, 7) is 2.17. The molecule has 1 amide bonds. The summed E-state index contributed by atoms with van der Waals surface area (Å²) in [6, 6.07) is 5.79. The fourth-order valence-electron chi connectivity index (χ4n) is 2.67. The monoisotopic (exact) mass is 496 g/mol. The predicted octanol–water partition coefficient (Wildman–Crippen LogP) is 5.83. The first-order valence-electron chi connectivity index (χ1n) is 9.81. The van der Waals surface area contributed by atoms with Gasteiger partial charge in [0.1, 0.15) is 6.17 Å². The van der Waals surface area contributed by atoms with Gasteiger partial charge in [-0.2, -0.15) is 0 Å². The van der Waals surface area contributed by atoms with E-state index in [-0.39, 0.29) is 16.7 Å². The van der Waals surface area contributed by atoms with Gasteiger partial charge in [-0.15, -0.1) is 0 Å². The minimum Gasteiger partial charge on any atom is -0.339 e. The summed E-state index contributed by atoms with van der Waals surface area (Å²) in [7, 11) is 0. The van der Waals surface area contributed by atoms with Crippen LogP contribution in [-0.2, 0) is 4.79 Å². The normalized spacial score (nSPS) is 12.1. The summed E-state index contributed by atoms with van der Waals surface area (Å²) >= 11 is 23.1. The van der Waals surface area contributed by atoms with Crippen LogP contribution in [0.4, 0.5) is 11.4 Å². The fourth-order valence-corrected chi connectivity index (χ4v) is 3.23. The van der Waals surface area contributed by atoms with Crippen molar-refractivity contribution in [3.05, 3.63) is 34.4 Å². The number of nitro groups is 1. The minimum atomic E-state index is -1.86. The third-order valence-corrected chi connectivity index (χ3v) is 5.10. The number of halogens is 3. The highest BCUT2D eigenvalue weighted by Gasteiger charge is 2.34. The summed E-state index contributed by atoms with van der Waals surface area (Å²) in [4.78, 5) is 22.6. The number of amides is 1. The predicted molar refractivity (Wildman–Crippen MR) is 127 cm³/mol. The Morgan fingerprint density at radius 1 is 1.13 bits per heavy atom. The second-order valence-electron chi connectivity index (χ2n) is 6.82. The van der Waals surface area contributed by atoms with Gasteiger partial charge in [0.25, 0.3) is 5.69 Å². The van der Waals surface area contributed by atoms with Crippen molar-refractivity contribution in [2.45, 2.75) is 68.2 Å². The number of hydrogen-bond donors (Lipinski definition) is 3. The van der Waals surface area contributed by atoms with E-state index in [0.29, 0.717) is 12.1 Å². The molecular formula is C19H27Cl3N4O3S. The van der Waals surface area contributed by atoms with Gasteiger partial charge < -0.3 is 16.0 Å². The molecule has 1 aromatic rings. The highest BCUT2D eigenvalue weighted by atomic mass is 35.6. The Hall–Kier alpha value is -1.35. The van der Waals surface area contributed by atoms with E-state index >= 15 is 0 Å². The van der Waals surface area contributed by atoms with E-state index in [2.05, 4.69) is 22.9 Å². The Bertz CT molecular complexity index is 717. The summed E-state index contributed by atoms with van der Waals surface area (Å²) in [5.74, 6) is -0.259. The van der Waals surface area contributed by atoms with Crippen LogP contribution in [-0.4, -0.2) is 25.9 Å². The van der Waals surface area contributed by atoms with Gasteiger partial charge in [0.15, 0.2) is 5.11 Å². The van der Waals surface area contributed by atoms with Crippen LogP contribution in [0.25, 0.3) is 0 Å². The van der Waals surface area contributed by atoms with Crippen molar-refractivity contribution < 1.29 is 9.72 Å². The molecule has 0 aromatic heterocycles. The summed E-state index contributed by atoms with van der Waals surface area (Å²) in [5.41, 5.74) is 0.294. The molecule has 0 bridgehead atoms. The molecule has 11 heteroatoms. The molecule has 1 atom stereocenters. The maximum Gasteiger partial charge on any atom is 0.271 e. The molecule has 0 saturated heterocycles. The van der Waals surface area contributed by atoms with Crippen molar-refractivity contribution in [1.82, 2.24) is 10.6 Å². The van der Waals surface area contributed by atoms with Gasteiger partial charge in [-0.25, -0.2) is 0 Å². The van der Waals surface area contributed by atoms with Gasteiger partial charge in [0.2, 0.25) is 9.70 Å². The molecule has 30 heavy (non-hydrogen) atoms. The molecule has 0 fully saturated rings. The number of carbonyl (C=O) groups is 1. The molecule has 7 nitrogen and oxygen atoms in total. The van der Waals surface area contributed by atoms with Gasteiger partial charge in [0, 0.05) is 24.2 Å². The van der Waals surface area contributed by atoms with Crippen molar-refractivity contribution in [1.29, 1.82) is 0 Å². The first-order valence-corrected chi connectivity index (χ1v) is 11.4. The average Bonchev–Trinajstić information content (AvgIpc) is 2.66. The first-order chi connectivity index (χ1) is 14.1. The first kappa shape index (κ1) is 26.7. The highest BCUT2D eigenvalue weighted by molar-refractivity contribution is 7.80. The van der Waals surface area contributed by atoms with Crippen molar-refractivity contribution >= 4 is 69.4 Å². The third kappa shape index (κ3) is 11.2. The summed E-state index contributed by atoms with van der Waals surface area (Å²) in [6.07, 6.45) is 6.89. The molecular weight excluding hydrogens is 471 g/mol. The number of rotatable bonds is 12. The van der Waals surface area contributed by atoms with Crippen LogP contribution in [0.1, 0.15) is 58.3 Å². The van der Waals surface area contributed by atoms with Gasteiger partial charge in [-0.05, 0) is 24.7 Å². The molecule has 0 aliphatic carbocycles. The Labute approximate surface area is 197 Å². The molecule has 0 unspecified atom stereocenters. The average molecular weight is 498 g/mol. The van der Waals surface area contributed by atoms with Crippen LogP contribution in [0.5, 0.6) is 0 Å². The molecule has 0 aliphatic rings. The quantitative estimate of drug-likeness (QED) is 0.0839. The van der Waals surface area contributed by atoms with E-state index in [1.807, 2.05) is 0 Å². The minimum absolute atomic E-state index is 0.0445. The van der Waals surface area contributed by atoms with Crippen LogP contribution in [0.2, 0.25) is 0 Å². The van der Waals surface area contributed by atoms with Gasteiger partial charge in [-0.1, -0.05) is 86.3 Å². The number of nitrogens with one attached hydrogen (secondary N) is 3. The molecule has 0 saturated carbocycles. The van der Waals surface area contributed by atoms with E-state index in [0.717, 1.165) is 19.3 Å². The molecule has 0 heterocycles. The van der Waals surface area contributed by atoms with Crippen molar-refractivity contribution in [3.63, 3.8) is 0 Å². The number of thiocarbonyl (C=S) groups is 1. The molecule has 1 aromatic carbocycles. The van der Waals surface area contributed by atoms with E-state index in [1.54, 1.807) is 6.07 Å². The lowest BCUT2D eigenvalue weighted by Gasteiger charge is -2.27. The number of non-ortho nitro benzene ring substituents is 1. The standard InChI is InChI=1S/C19H27Cl3N4O3S/c1-2-3-4-5-6-7-8-12-16(27)24-17(19(20,21)22)25-18(30)23-14-10-9-11-15(13-14)26(28)29/h9-11,13,17H,2-8,12H2,1H3,(H,24,27)(H2,23,25,30)/t17-/m1/s1. The van der Waals surface area contributed by atoms with Crippen LogP contribution in [0, 0.1) is 10.1 Å². The van der Waals surface area contributed by atoms with Crippen LogP contribution in [0.3, 0.4) is 0 Å².